The molecule has 1 N–H and O–H groups in total. The van der Waals surface area contributed by atoms with Crippen LogP contribution < -0.4 is 5.32 Å². The van der Waals surface area contributed by atoms with Crippen molar-refractivity contribution in [2.45, 2.75) is 46.6 Å². The van der Waals surface area contributed by atoms with Gasteiger partial charge in [0.1, 0.15) is 0 Å². The molecule has 2 unspecified atom stereocenters. The van der Waals surface area contributed by atoms with E-state index in [0.29, 0.717) is 12.0 Å². The van der Waals surface area contributed by atoms with Gasteiger partial charge in [0, 0.05) is 11.1 Å². The Morgan fingerprint density at radius 3 is 2.35 bits per heavy atom. The quantitative estimate of drug-likeness (QED) is 0.805. The lowest BCUT2D eigenvalue weighted by atomic mass is 9.92. The van der Waals surface area contributed by atoms with E-state index in [-0.39, 0.29) is 0 Å². The highest BCUT2D eigenvalue weighted by molar-refractivity contribution is 6.31. The van der Waals surface area contributed by atoms with Crippen molar-refractivity contribution in [3.05, 3.63) is 33.8 Å². The van der Waals surface area contributed by atoms with E-state index in [9.17, 15) is 0 Å². The third-order valence-corrected chi connectivity index (χ3v) is 4.00. The summed E-state index contributed by atoms with van der Waals surface area (Å²) in [6.07, 6.45) is 2.34. The van der Waals surface area contributed by atoms with Gasteiger partial charge < -0.3 is 5.32 Å². The first-order valence-electron chi connectivity index (χ1n) is 6.43. The van der Waals surface area contributed by atoms with Gasteiger partial charge in [0.05, 0.1) is 0 Å². The fraction of sp³-hybridized carbons (Fsp3) is 0.600. The lowest BCUT2D eigenvalue weighted by molar-refractivity contribution is 0.422. The van der Waals surface area contributed by atoms with Crippen LogP contribution in [0.4, 0.5) is 0 Å². The largest absolute Gasteiger partial charge is 0.313 e. The highest BCUT2D eigenvalue weighted by atomic mass is 35.5. The van der Waals surface area contributed by atoms with Gasteiger partial charge in [0.25, 0.3) is 0 Å². The van der Waals surface area contributed by atoms with E-state index >= 15 is 0 Å². The van der Waals surface area contributed by atoms with E-state index in [1.807, 2.05) is 7.05 Å². The summed E-state index contributed by atoms with van der Waals surface area (Å²) in [6.45, 7) is 8.78. The molecule has 0 spiro atoms. The maximum absolute atomic E-state index is 6.36. The summed E-state index contributed by atoms with van der Waals surface area (Å²) in [5.74, 6) is 0.713. The normalized spacial score (nSPS) is 14.7. The summed E-state index contributed by atoms with van der Waals surface area (Å²) < 4.78 is 0. The lowest BCUT2D eigenvalue weighted by Crippen LogP contribution is -2.19. The van der Waals surface area contributed by atoms with Gasteiger partial charge in [-0.3, -0.25) is 0 Å². The van der Waals surface area contributed by atoms with E-state index in [2.05, 4.69) is 45.1 Å². The van der Waals surface area contributed by atoms with Crippen LogP contribution in [0.2, 0.25) is 5.02 Å². The van der Waals surface area contributed by atoms with Gasteiger partial charge >= 0.3 is 0 Å². The Balaban J connectivity index is 2.99. The van der Waals surface area contributed by atoms with Crippen molar-refractivity contribution in [3.63, 3.8) is 0 Å². The zero-order chi connectivity index (χ0) is 13.0. The molecule has 0 aromatic heterocycles. The molecule has 0 fully saturated rings. The molecule has 0 aliphatic heterocycles. The topological polar surface area (TPSA) is 12.0 Å². The van der Waals surface area contributed by atoms with Gasteiger partial charge in [0.15, 0.2) is 0 Å². The molecule has 0 bridgehead atoms. The third-order valence-electron chi connectivity index (χ3n) is 3.67. The van der Waals surface area contributed by atoms with Crippen LogP contribution in [0.25, 0.3) is 0 Å². The Kier molecular flexibility index (Phi) is 5.48. The first-order valence-corrected chi connectivity index (χ1v) is 6.81. The highest BCUT2D eigenvalue weighted by Gasteiger charge is 2.16. The Hall–Kier alpha value is -0.530. The van der Waals surface area contributed by atoms with E-state index in [1.54, 1.807) is 0 Å². The first kappa shape index (κ1) is 14.5. The zero-order valence-corrected chi connectivity index (χ0v) is 12.4. The van der Waals surface area contributed by atoms with Crippen LogP contribution in [0.1, 0.15) is 49.4 Å². The predicted octanol–water partition coefficient (Wildman–Crippen LogP) is 4.65. The molecule has 2 atom stereocenters. The van der Waals surface area contributed by atoms with Crippen molar-refractivity contribution in [1.82, 2.24) is 5.32 Å². The lowest BCUT2D eigenvalue weighted by Gasteiger charge is -2.22. The highest BCUT2D eigenvalue weighted by Crippen LogP contribution is 2.30. The van der Waals surface area contributed by atoms with Crippen LogP contribution in [-0.2, 0) is 0 Å². The number of halogens is 1. The van der Waals surface area contributed by atoms with Crippen LogP contribution >= 0.6 is 11.6 Å². The fourth-order valence-corrected chi connectivity index (χ4v) is 2.39. The molecule has 96 valence electrons. The van der Waals surface area contributed by atoms with Crippen molar-refractivity contribution < 1.29 is 0 Å². The molecule has 0 saturated carbocycles. The summed E-state index contributed by atoms with van der Waals surface area (Å²) in [4.78, 5) is 0. The minimum absolute atomic E-state index is 0.358. The Bertz CT molecular complexity index is 373. The molecule has 1 aromatic carbocycles. The van der Waals surface area contributed by atoms with Crippen LogP contribution in [0.5, 0.6) is 0 Å². The SMILES string of the molecule is CCC(C)CC(NC)c1cc(C)c(C)cc1Cl. The van der Waals surface area contributed by atoms with Crippen molar-refractivity contribution in [3.8, 4) is 0 Å². The van der Waals surface area contributed by atoms with Gasteiger partial charge in [-0.05, 0) is 56.0 Å². The molecule has 0 amide bonds. The second-order valence-corrected chi connectivity index (χ2v) is 5.46. The molecule has 0 aliphatic carbocycles. The maximum Gasteiger partial charge on any atom is 0.0456 e. The molecule has 1 aromatic rings. The second-order valence-electron chi connectivity index (χ2n) is 5.05. The zero-order valence-electron chi connectivity index (χ0n) is 11.6. The Morgan fingerprint density at radius 2 is 1.82 bits per heavy atom. The van der Waals surface area contributed by atoms with Gasteiger partial charge in [-0.25, -0.2) is 0 Å². The minimum atomic E-state index is 0.358. The Labute approximate surface area is 111 Å². The van der Waals surface area contributed by atoms with Gasteiger partial charge in [-0.2, -0.15) is 0 Å². The van der Waals surface area contributed by atoms with Crippen LogP contribution in [-0.4, -0.2) is 7.05 Å². The number of nitrogens with one attached hydrogen (secondary N) is 1. The molecule has 17 heavy (non-hydrogen) atoms. The fourth-order valence-electron chi connectivity index (χ4n) is 2.04. The molecular formula is C15H24ClN. The van der Waals surface area contributed by atoms with Crippen LogP contribution in [0.15, 0.2) is 12.1 Å². The standard InChI is InChI=1S/C15H24ClN/c1-6-10(2)7-15(17-5)13-8-11(3)12(4)9-14(13)16/h8-10,15,17H,6-7H2,1-5H3. The molecule has 1 rings (SSSR count). The summed E-state index contributed by atoms with van der Waals surface area (Å²) in [5, 5.41) is 4.27. The van der Waals surface area contributed by atoms with Gasteiger partial charge in [0.2, 0.25) is 0 Å². The minimum Gasteiger partial charge on any atom is -0.313 e. The van der Waals surface area contributed by atoms with Crippen LogP contribution in [0.3, 0.4) is 0 Å². The van der Waals surface area contributed by atoms with Crippen molar-refractivity contribution >= 4 is 11.6 Å². The first-order chi connectivity index (χ1) is 7.99. The summed E-state index contributed by atoms with van der Waals surface area (Å²) >= 11 is 6.36. The summed E-state index contributed by atoms with van der Waals surface area (Å²) in [5.41, 5.74) is 3.81. The van der Waals surface area contributed by atoms with Crippen LogP contribution in [0, 0.1) is 19.8 Å². The Morgan fingerprint density at radius 1 is 1.24 bits per heavy atom. The molecule has 0 heterocycles. The van der Waals surface area contributed by atoms with Gasteiger partial charge in [-0.1, -0.05) is 37.9 Å². The van der Waals surface area contributed by atoms with Gasteiger partial charge in [-0.15, -0.1) is 0 Å². The van der Waals surface area contributed by atoms with E-state index in [0.717, 1.165) is 11.4 Å². The van der Waals surface area contributed by atoms with E-state index < -0.39 is 0 Å². The molecule has 2 heteroatoms. The van der Waals surface area contributed by atoms with E-state index in [4.69, 9.17) is 11.6 Å². The maximum atomic E-state index is 6.36. The van der Waals surface area contributed by atoms with Crippen molar-refractivity contribution in [2.75, 3.05) is 7.05 Å². The average Bonchev–Trinajstić information content (AvgIpc) is 2.30. The summed E-state index contributed by atoms with van der Waals surface area (Å²) in [7, 11) is 2.01. The van der Waals surface area contributed by atoms with E-state index in [1.165, 1.54) is 23.1 Å². The molecular weight excluding hydrogens is 230 g/mol. The number of aryl methyl sites for hydroxylation is 2. The smallest absolute Gasteiger partial charge is 0.0456 e. The monoisotopic (exact) mass is 253 g/mol. The number of benzene rings is 1. The molecule has 0 radical (unpaired) electrons. The molecule has 0 aliphatic rings. The number of hydrogen-bond acceptors (Lipinski definition) is 1. The second kappa shape index (κ2) is 6.42. The van der Waals surface area contributed by atoms with Crippen molar-refractivity contribution in [2.24, 2.45) is 5.92 Å². The average molecular weight is 254 g/mol. The van der Waals surface area contributed by atoms with Crippen molar-refractivity contribution in [1.29, 1.82) is 0 Å². The predicted molar refractivity (Wildman–Crippen MR) is 76.8 cm³/mol. The molecule has 0 saturated heterocycles. The molecule has 1 nitrogen and oxygen atoms in total. The third kappa shape index (κ3) is 3.72. The number of hydrogen-bond donors (Lipinski definition) is 1. The number of rotatable bonds is 5. The summed E-state index contributed by atoms with van der Waals surface area (Å²) in [6, 6.07) is 4.66.